The summed E-state index contributed by atoms with van der Waals surface area (Å²) in [7, 11) is 2.27. The summed E-state index contributed by atoms with van der Waals surface area (Å²) < 4.78 is 193. The van der Waals surface area contributed by atoms with Gasteiger partial charge in [0.15, 0.2) is 5.75 Å². The highest BCUT2D eigenvalue weighted by Crippen LogP contribution is 2.56. The van der Waals surface area contributed by atoms with Gasteiger partial charge in [-0.3, -0.25) is 19.7 Å². The molecule has 0 spiro atoms. The van der Waals surface area contributed by atoms with Crippen molar-refractivity contribution in [2.75, 3.05) is 30.6 Å². The Hall–Kier alpha value is -4.82. The van der Waals surface area contributed by atoms with E-state index in [4.69, 9.17) is 38.4 Å². The Morgan fingerprint density at radius 1 is 0.629 bits per heavy atom. The first kappa shape index (κ1) is 51.5. The third kappa shape index (κ3) is 10.0. The molecule has 4 aromatic rings. The Morgan fingerprint density at radius 3 is 1.27 bits per heavy atom. The molecule has 4 aromatic carbocycles. The summed E-state index contributed by atoms with van der Waals surface area (Å²) in [4.78, 5) is 35.3. The zero-order valence-corrected chi connectivity index (χ0v) is 34.7. The first-order valence-corrected chi connectivity index (χ1v) is 18.1. The molecule has 0 atom stereocenters. The third-order valence-electron chi connectivity index (χ3n) is 8.05. The first-order chi connectivity index (χ1) is 28.2. The van der Waals surface area contributed by atoms with E-state index in [1.165, 1.54) is 25.3 Å². The standard InChI is InChI=1S/C17H9BrClF7N2O4.C17H11BrClF7N2O2/c1-32-13-8(3-2-4-11(13)28(30)31)14(29)27-12-9(18)5-7(6-10(12)19)15(20,16(21,22)23)17(24,25)26;1-30-13-8(3-2-4-11(13)27)14(29)28-12-9(18)5-7(6-10(12)19)15(20,16(21,22)23)17(24,25)26/h2-6H,1H3,(H,27,29);2-6H,27H2,1H3,(H,28,29). The molecule has 0 aliphatic carbocycles. The number of nitrogen functional groups attached to an aromatic ring is 1. The highest BCUT2D eigenvalue weighted by Gasteiger charge is 2.74. The number of anilines is 3. The number of halogens is 18. The largest absolute Gasteiger partial charge is 0.494 e. The molecular formula is C34H20Br2Cl2F14N4O6. The van der Waals surface area contributed by atoms with Crippen LogP contribution in [0.1, 0.15) is 31.8 Å². The van der Waals surface area contributed by atoms with Crippen molar-refractivity contribution >= 4 is 89.6 Å². The molecule has 338 valence electrons. The molecular weight excluding hydrogens is 1060 g/mol. The molecule has 0 unspecified atom stereocenters. The molecule has 4 rings (SSSR count). The summed E-state index contributed by atoms with van der Waals surface area (Å²) in [5, 5.41) is 13.7. The van der Waals surface area contributed by atoms with Gasteiger partial charge < -0.3 is 25.8 Å². The van der Waals surface area contributed by atoms with Gasteiger partial charge in [-0.25, -0.2) is 8.78 Å². The molecule has 0 saturated heterocycles. The Kier molecular flexibility index (Phi) is 15.4. The van der Waals surface area contributed by atoms with Crippen molar-refractivity contribution in [1.82, 2.24) is 0 Å². The van der Waals surface area contributed by atoms with E-state index in [-0.39, 0.29) is 52.5 Å². The minimum atomic E-state index is -6.37. The third-order valence-corrected chi connectivity index (χ3v) is 9.90. The average Bonchev–Trinajstić information content (AvgIpc) is 3.14. The molecule has 62 heavy (non-hydrogen) atoms. The summed E-state index contributed by atoms with van der Waals surface area (Å²) in [5.74, 6) is -2.46. The number of hydrogen-bond acceptors (Lipinski definition) is 7. The highest BCUT2D eigenvalue weighted by atomic mass is 79.9. The van der Waals surface area contributed by atoms with E-state index in [9.17, 15) is 81.2 Å². The number of hydrogen-bond donors (Lipinski definition) is 3. The molecule has 0 fully saturated rings. The van der Waals surface area contributed by atoms with Crippen molar-refractivity contribution in [3.63, 3.8) is 0 Å². The molecule has 10 nitrogen and oxygen atoms in total. The number of amides is 2. The first-order valence-electron chi connectivity index (χ1n) is 15.7. The van der Waals surface area contributed by atoms with Gasteiger partial charge in [0.2, 0.25) is 5.75 Å². The number of carbonyl (C=O) groups excluding carboxylic acids is 2. The van der Waals surface area contributed by atoms with Gasteiger partial charge in [0.25, 0.3) is 11.8 Å². The molecule has 0 aliphatic heterocycles. The quantitative estimate of drug-likeness (QED) is 0.0655. The fourth-order valence-corrected chi connectivity index (χ4v) is 7.02. The van der Waals surface area contributed by atoms with Crippen LogP contribution in [0.25, 0.3) is 0 Å². The topological polar surface area (TPSA) is 146 Å². The number of nitro benzene ring substituents is 1. The van der Waals surface area contributed by atoms with Crippen molar-refractivity contribution in [3.8, 4) is 11.5 Å². The number of ether oxygens (including phenoxy) is 2. The highest BCUT2D eigenvalue weighted by molar-refractivity contribution is 9.11. The van der Waals surface area contributed by atoms with Crippen LogP contribution in [-0.2, 0) is 11.3 Å². The van der Waals surface area contributed by atoms with Crippen LogP contribution in [0.4, 0.5) is 84.2 Å². The molecule has 0 bridgehead atoms. The number of carbonyl (C=O) groups is 2. The Labute approximate surface area is 364 Å². The zero-order valence-electron chi connectivity index (χ0n) is 30.1. The lowest BCUT2D eigenvalue weighted by Gasteiger charge is -2.30. The zero-order chi connectivity index (χ0) is 47.7. The van der Waals surface area contributed by atoms with E-state index >= 15 is 0 Å². The minimum absolute atomic E-state index is 0.0178. The number of para-hydroxylation sites is 2. The maximum absolute atomic E-state index is 14.3. The van der Waals surface area contributed by atoms with Gasteiger partial charge in [0.05, 0.1) is 57.4 Å². The van der Waals surface area contributed by atoms with Crippen LogP contribution < -0.4 is 25.8 Å². The van der Waals surface area contributed by atoms with Gasteiger partial charge in [-0.05, 0) is 74.3 Å². The van der Waals surface area contributed by atoms with Gasteiger partial charge in [-0.2, -0.15) is 52.7 Å². The van der Waals surface area contributed by atoms with E-state index in [2.05, 4.69) is 42.5 Å². The van der Waals surface area contributed by atoms with E-state index in [0.717, 1.165) is 25.3 Å². The van der Waals surface area contributed by atoms with Crippen molar-refractivity contribution in [1.29, 1.82) is 0 Å². The molecule has 0 radical (unpaired) electrons. The van der Waals surface area contributed by atoms with Crippen LogP contribution in [0, 0.1) is 10.1 Å². The summed E-state index contributed by atoms with van der Waals surface area (Å²) in [6.07, 6.45) is -25.4. The number of methoxy groups -OCH3 is 2. The van der Waals surface area contributed by atoms with E-state index in [0.29, 0.717) is 0 Å². The summed E-state index contributed by atoms with van der Waals surface area (Å²) in [6, 6.07) is 8.03. The number of nitrogens with two attached hydrogens (primary N) is 1. The van der Waals surface area contributed by atoms with Crippen molar-refractivity contribution in [2.45, 2.75) is 36.0 Å². The average molecular weight is 1080 g/mol. The Morgan fingerprint density at radius 2 is 0.968 bits per heavy atom. The smallest absolute Gasteiger partial charge is 0.435 e. The second-order valence-electron chi connectivity index (χ2n) is 11.9. The van der Waals surface area contributed by atoms with Crippen LogP contribution in [-0.4, -0.2) is 55.7 Å². The summed E-state index contributed by atoms with van der Waals surface area (Å²) >= 11 is 16.9. The fraction of sp³-hybridized carbons (Fsp3) is 0.235. The molecule has 28 heteroatoms. The number of rotatable bonds is 9. The van der Waals surface area contributed by atoms with Crippen LogP contribution in [0.2, 0.25) is 10.0 Å². The second kappa shape index (κ2) is 18.5. The van der Waals surface area contributed by atoms with Crippen LogP contribution in [0.3, 0.4) is 0 Å². The van der Waals surface area contributed by atoms with E-state index < -0.39 is 100 Å². The Bertz CT molecular complexity index is 2310. The number of nitro groups is 1. The fourth-order valence-electron chi connectivity index (χ4n) is 5.14. The minimum Gasteiger partial charge on any atom is -0.494 e. The summed E-state index contributed by atoms with van der Waals surface area (Å²) in [5.41, 5.74) is -11.3. The predicted octanol–water partition coefficient (Wildman–Crippen LogP) is 12.8. The van der Waals surface area contributed by atoms with Crippen LogP contribution >= 0.6 is 55.1 Å². The Balaban J connectivity index is 0.000000331. The molecule has 2 amide bonds. The lowest BCUT2D eigenvalue weighted by molar-refractivity contribution is -0.385. The van der Waals surface area contributed by atoms with Gasteiger partial charge in [-0.15, -0.1) is 0 Å². The molecule has 4 N–H and O–H groups in total. The van der Waals surface area contributed by atoms with Gasteiger partial charge in [0.1, 0.15) is 0 Å². The monoisotopic (exact) mass is 1070 g/mol. The second-order valence-corrected chi connectivity index (χ2v) is 14.4. The SMILES string of the molecule is COc1c(C(=O)Nc2c(Cl)cc(C(F)(C(F)(F)F)C(F)(F)F)cc2Br)cccc1[N+](=O)[O-].COc1c(N)cccc1C(=O)Nc1c(Cl)cc(C(F)(C(F)(F)F)C(F)(F)F)cc1Br. The van der Waals surface area contributed by atoms with Crippen molar-refractivity contribution < 1.29 is 85.5 Å². The van der Waals surface area contributed by atoms with Crippen LogP contribution in [0.15, 0.2) is 69.6 Å². The predicted molar refractivity (Wildman–Crippen MR) is 201 cm³/mol. The molecule has 0 saturated carbocycles. The normalized spacial score (nSPS) is 12.5. The van der Waals surface area contributed by atoms with E-state index in [1.807, 2.05) is 0 Å². The number of alkyl halides is 14. The maximum atomic E-state index is 14.3. The number of benzene rings is 4. The number of nitrogens with one attached hydrogen (secondary N) is 2. The molecule has 0 heterocycles. The van der Waals surface area contributed by atoms with Gasteiger partial charge in [-0.1, -0.05) is 35.3 Å². The lowest BCUT2D eigenvalue weighted by Crippen LogP contribution is -2.50. The van der Waals surface area contributed by atoms with E-state index in [1.54, 1.807) is 0 Å². The maximum Gasteiger partial charge on any atom is 0.435 e. The van der Waals surface area contributed by atoms with Crippen molar-refractivity contribution in [2.24, 2.45) is 0 Å². The van der Waals surface area contributed by atoms with Crippen LogP contribution in [0.5, 0.6) is 11.5 Å². The molecule has 0 aliphatic rings. The summed E-state index contributed by atoms with van der Waals surface area (Å²) in [6.45, 7) is 0. The molecule has 0 aromatic heterocycles. The van der Waals surface area contributed by atoms with Gasteiger partial charge >= 0.3 is 41.7 Å². The van der Waals surface area contributed by atoms with Gasteiger partial charge in [0, 0.05) is 26.1 Å². The number of nitrogens with zero attached hydrogens (tertiary/aromatic N) is 1. The van der Waals surface area contributed by atoms with Crippen molar-refractivity contribution in [3.05, 3.63) is 112 Å². The lowest BCUT2D eigenvalue weighted by atomic mass is 9.94.